The lowest BCUT2D eigenvalue weighted by Crippen LogP contribution is -2.35. The highest BCUT2D eigenvalue weighted by Gasteiger charge is 2.28. The van der Waals surface area contributed by atoms with Crippen LogP contribution in [-0.2, 0) is 0 Å². The first-order valence-corrected chi connectivity index (χ1v) is 7.57. The lowest BCUT2D eigenvalue weighted by Gasteiger charge is -2.35. The first-order chi connectivity index (χ1) is 8.50. The number of anilines is 1. The van der Waals surface area contributed by atoms with Gasteiger partial charge in [0.05, 0.1) is 22.3 Å². The fraction of sp³-hybridized carbons (Fsp3) is 0.500. The summed E-state index contributed by atoms with van der Waals surface area (Å²) < 4.78 is 0. The van der Waals surface area contributed by atoms with Crippen LogP contribution in [0.1, 0.15) is 25.8 Å². The lowest BCUT2D eigenvalue weighted by atomic mass is 9.88. The molecule has 1 saturated heterocycles. The number of nitriles is 1. The molecule has 1 aliphatic heterocycles. The third-order valence-corrected chi connectivity index (χ3v) is 5.01. The van der Waals surface area contributed by atoms with Gasteiger partial charge in [0.2, 0.25) is 0 Å². The Morgan fingerprint density at radius 1 is 1.50 bits per heavy atom. The first-order valence-electron chi connectivity index (χ1n) is 6.04. The second-order valence-electron chi connectivity index (χ2n) is 5.53. The average Bonchev–Trinajstić information content (AvgIpc) is 2.30. The highest BCUT2D eigenvalue weighted by molar-refractivity contribution is 7.99. The van der Waals surface area contributed by atoms with E-state index in [1.54, 1.807) is 12.1 Å². The minimum absolute atomic E-state index is 0.375. The number of benzene rings is 1. The molecule has 0 saturated carbocycles. The van der Waals surface area contributed by atoms with Crippen LogP contribution >= 0.6 is 23.4 Å². The highest BCUT2D eigenvalue weighted by Crippen LogP contribution is 2.35. The molecule has 4 heteroatoms. The smallest absolute Gasteiger partial charge is 0.0992 e. The maximum absolute atomic E-state index is 8.81. The van der Waals surface area contributed by atoms with Gasteiger partial charge in [-0.25, -0.2) is 0 Å². The largest absolute Gasteiger partial charge is 0.380 e. The quantitative estimate of drug-likeness (QED) is 0.884. The Kier molecular flexibility index (Phi) is 4.09. The van der Waals surface area contributed by atoms with Gasteiger partial charge in [0.1, 0.15) is 0 Å². The maximum atomic E-state index is 8.81. The van der Waals surface area contributed by atoms with Crippen LogP contribution in [0, 0.1) is 16.7 Å². The van der Waals surface area contributed by atoms with Gasteiger partial charge in [0.25, 0.3) is 0 Å². The molecule has 0 aliphatic carbocycles. The topological polar surface area (TPSA) is 35.8 Å². The zero-order chi connectivity index (χ0) is 13.2. The van der Waals surface area contributed by atoms with E-state index >= 15 is 0 Å². The molecule has 2 nitrogen and oxygen atoms in total. The summed E-state index contributed by atoms with van der Waals surface area (Å²) >= 11 is 8.16. The van der Waals surface area contributed by atoms with E-state index in [9.17, 15) is 0 Å². The molecular weight excluding hydrogens is 264 g/mol. The molecule has 1 unspecified atom stereocenters. The third-order valence-electron chi connectivity index (χ3n) is 3.07. The summed E-state index contributed by atoms with van der Waals surface area (Å²) in [7, 11) is 0. The van der Waals surface area contributed by atoms with Gasteiger partial charge in [-0.2, -0.15) is 17.0 Å². The standard InChI is InChI=1S/C14H17ClN2S/c1-14(2)6-11(8-18-9-14)17-13-4-3-10(7-16)5-12(13)15/h3-5,11,17H,6,8-9H2,1-2H3. The van der Waals surface area contributed by atoms with Gasteiger partial charge in [-0.05, 0) is 35.8 Å². The molecule has 0 bridgehead atoms. The number of rotatable bonds is 2. The summed E-state index contributed by atoms with van der Waals surface area (Å²) in [6.45, 7) is 4.60. The van der Waals surface area contributed by atoms with Gasteiger partial charge in [-0.1, -0.05) is 25.4 Å². The highest BCUT2D eigenvalue weighted by atomic mass is 35.5. The van der Waals surface area contributed by atoms with Crippen molar-refractivity contribution in [2.45, 2.75) is 26.3 Å². The van der Waals surface area contributed by atoms with E-state index in [4.69, 9.17) is 16.9 Å². The van der Waals surface area contributed by atoms with Crippen LogP contribution in [0.15, 0.2) is 18.2 Å². The SMILES string of the molecule is CC1(C)CSCC(Nc2ccc(C#N)cc2Cl)C1. The Balaban J connectivity index is 2.08. The number of halogens is 1. The van der Waals surface area contributed by atoms with E-state index in [0.29, 0.717) is 22.0 Å². The summed E-state index contributed by atoms with van der Waals surface area (Å²) in [5, 5.41) is 12.9. The van der Waals surface area contributed by atoms with Gasteiger partial charge in [0, 0.05) is 11.8 Å². The molecule has 0 aromatic heterocycles. The van der Waals surface area contributed by atoms with Crippen LogP contribution in [0.3, 0.4) is 0 Å². The van der Waals surface area contributed by atoms with Crippen molar-refractivity contribution in [3.05, 3.63) is 28.8 Å². The molecule has 18 heavy (non-hydrogen) atoms. The number of nitrogens with one attached hydrogen (secondary N) is 1. The molecule has 1 N–H and O–H groups in total. The van der Waals surface area contributed by atoms with E-state index in [1.165, 1.54) is 5.75 Å². The predicted molar refractivity (Wildman–Crippen MR) is 79.3 cm³/mol. The minimum atomic E-state index is 0.375. The number of nitrogens with zero attached hydrogens (tertiary/aromatic N) is 1. The summed E-state index contributed by atoms with van der Waals surface area (Å²) in [4.78, 5) is 0. The molecule has 1 heterocycles. The number of hydrogen-bond donors (Lipinski definition) is 1. The van der Waals surface area contributed by atoms with Crippen LogP contribution in [0.2, 0.25) is 5.02 Å². The lowest BCUT2D eigenvalue weighted by molar-refractivity contribution is 0.358. The van der Waals surface area contributed by atoms with Crippen LogP contribution in [0.4, 0.5) is 5.69 Å². The van der Waals surface area contributed by atoms with Gasteiger partial charge in [0.15, 0.2) is 0 Å². The summed E-state index contributed by atoms with van der Waals surface area (Å²) in [5.74, 6) is 2.33. The molecule has 1 aromatic carbocycles. The van der Waals surface area contributed by atoms with E-state index < -0.39 is 0 Å². The van der Waals surface area contributed by atoms with Crippen molar-refractivity contribution in [1.29, 1.82) is 5.26 Å². The second-order valence-corrected chi connectivity index (χ2v) is 6.97. The molecule has 1 atom stereocenters. The number of hydrogen-bond acceptors (Lipinski definition) is 3. The van der Waals surface area contributed by atoms with Crippen molar-refractivity contribution in [2.75, 3.05) is 16.8 Å². The van der Waals surface area contributed by atoms with Crippen LogP contribution < -0.4 is 5.32 Å². The van der Waals surface area contributed by atoms with E-state index in [1.807, 2.05) is 17.8 Å². The molecular formula is C14H17ClN2S. The van der Waals surface area contributed by atoms with Gasteiger partial charge >= 0.3 is 0 Å². The van der Waals surface area contributed by atoms with Crippen LogP contribution in [0.25, 0.3) is 0 Å². The molecule has 1 aliphatic rings. The number of thioether (sulfide) groups is 1. The normalized spacial score (nSPS) is 22.2. The van der Waals surface area contributed by atoms with E-state index in [2.05, 4.69) is 25.2 Å². The van der Waals surface area contributed by atoms with Gasteiger partial charge in [-0.3, -0.25) is 0 Å². The Hall–Kier alpha value is -0.850. The maximum Gasteiger partial charge on any atom is 0.0992 e. The summed E-state index contributed by atoms with van der Waals surface area (Å²) in [6.07, 6.45) is 1.15. The Morgan fingerprint density at radius 2 is 2.28 bits per heavy atom. The predicted octanol–water partition coefficient (Wildman–Crippen LogP) is 4.16. The van der Waals surface area contributed by atoms with Gasteiger partial charge in [-0.15, -0.1) is 0 Å². The second kappa shape index (κ2) is 5.42. The molecule has 0 amide bonds. The molecule has 96 valence electrons. The van der Waals surface area contributed by atoms with E-state index in [-0.39, 0.29) is 0 Å². The van der Waals surface area contributed by atoms with Crippen LogP contribution in [-0.4, -0.2) is 17.5 Å². The minimum Gasteiger partial charge on any atom is -0.380 e. The third kappa shape index (κ3) is 3.34. The first kappa shape index (κ1) is 13.6. The fourth-order valence-corrected chi connectivity index (χ4v) is 3.79. The zero-order valence-electron chi connectivity index (χ0n) is 10.7. The van der Waals surface area contributed by atoms with Crippen LogP contribution in [0.5, 0.6) is 0 Å². The van der Waals surface area contributed by atoms with Gasteiger partial charge < -0.3 is 5.32 Å². The Bertz CT molecular complexity index is 479. The molecule has 1 fully saturated rings. The zero-order valence-corrected chi connectivity index (χ0v) is 12.2. The van der Waals surface area contributed by atoms with Crippen molar-refractivity contribution in [3.63, 3.8) is 0 Å². The molecule has 1 aromatic rings. The monoisotopic (exact) mass is 280 g/mol. The molecule has 2 rings (SSSR count). The van der Waals surface area contributed by atoms with Crippen molar-refractivity contribution < 1.29 is 0 Å². The van der Waals surface area contributed by atoms with Crippen molar-refractivity contribution in [1.82, 2.24) is 0 Å². The fourth-order valence-electron chi connectivity index (χ4n) is 2.28. The average molecular weight is 281 g/mol. The summed E-state index contributed by atoms with van der Waals surface area (Å²) in [6, 6.07) is 7.95. The molecule has 0 spiro atoms. The Morgan fingerprint density at radius 3 is 2.89 bits per heavy atom. The van der Waals surface area contributed by atoms with E-state index in [0.717, 1.165) is 17.9 Å². The summed E-state index contributed by atoms with van der Waals surface area (Å²) in [5.41, 5.74) is 1.91. The Labute approximate surface area is 118 Å². The van der Waals surface area contributed by atoms with Crippen molar-refractivity contribution >= 4 is 29.1 Å². The van der Waals surface area contributed by atoms with Crippen molar-refractivity contribution in [2.24, 2.45) is 5.41 Å². The van der Waals surface area contributed by atoms with Crippen molar-refractivity contribution in [3.8, 4) is 6.07 Å². The molecule has 0 radical (unpaired) electrons.